The van der Waals surface area contributed by atoms with Crippen LogP contribution < -0.4 is 5.32 Å². The first-order valence-corrected chi connectivity index (χ1v) is 7.44. The molecule has 2 aromatic carbocycles. The Hall–Kier alpha value is -1.04. The van der Waals surface area contributed by atoms with E-state index in [1.54, 1.807) is 6.92 Å². The molecule has 6 heteroatoms. The Morgan fingerprint density at radius 1 is 1.14 bits per heavy atom. The second-order valence-corrected chi connectivity index (χ2v) is 5.70. The van der Waals surface area contributed by atoms with E-state index in [2.05, 4.69) is 21.2 Å². The van der Waals surface area contributed by atoms with Gasteiger partial charge in [0, 0.05) is 16.1 Å². The Morgan fingerprint density at radius 3 is 2.48 bits per heavy atom. The average Bonchev–Trinajstić information content (AvgIpc) is 2.45. The SMILES string of the molecule is CCNC(c1cc(Cl)ccc1F)c1c(F)ccc(Br)c1F. The van der Waals surface area contributed by atoms with Crippen LogP contribution in [0.15, 0.2) is 34.8 Å². The summed E-state index contributed by atoms with van der Waals surface area (Å²) in [5.74, 6) is -2.09. The van der Waals surface area contributed by atoms with Crippen molar-refractivity contribution in [2.75, 3.05) is 6.54 Å². The van der Waals surface area contributed by atoms with Crippen molar-refractivity contribution < 1.29 is 13.2 Å². The first-order valence-electron chi connectivity index (χ1n) is 6.27. The maximum atomic E-state index is 14.3. The third kappa shape index (κ3) is 3.42. The van der Waals surface area contributed by atoms with E-state index in [9.17, 15) is 13.2 Å². The first kappa shape index (κ1) is 16.3. The predicted molar refractivity (Wildman–Crippen MR) is 81.0 cm³/mol. The van der Waals surface area contributed by atoms with Crippen molar-refractivity contribution in [2.24, 2.45) is 0 Å². The predicted octanol–water partition coefficient (Wildman–Crippen LogP) is 5.22. The molecular weight excluding hydrogens is 367 g/mol. The van der Waals surface area contributed by atoms with Gasteiger partial charge in [-0.3, -0.25) is 0 Å². The van der Waals surface area contributed by atoms with E-state index in [-0.39, 0.29) is 15.6 Å². The van der Waals surface area contributed by atoms with E-state index < -0.39 is 23.5 Å². The molecule has 0 radical (unpaired) electrons. The van der Waals surface area contributed by atoms with Crippen LogP contribution in [0.25, 0.3) is 0 Å². The zero-order valence-electron chi connectivity index (χ0n) is 11.1. The normalized spacial score (nSPS) is 12.5. The van der Waals surface area contributed by atoms with Crippen molar-refractivity contribution in [3.8, 4) is 0 Å². The van der Waals surface area contributed by atoms with Crippen molar-refractivity contribution in [3.05, 3.63) is 68.4 Å². The molecule has 0 spiro atoms. The van der Waals surface area contributed by atoms with Crippen LogP contribution in [0, 0.1) is 17.5 Å². The third-order valence-electron chi connectivity index (χ3n) is 3.05. The van der Waals surface area contributed by atoms with Gasteiger partial charge in [0.05, 0.1) is 10.5 Å². The fourth-order valence-electron chi connectivity index (χ4n) is 2.11. The van der Waals surface area contributed by atoms with Gasteiger partial charge in [0.1, 0.15) is 17.5 Å². The first-order chi connectivity index (χ1) is 9.95. The summed E-state index contributed by atoms with van der Waals surface area (Å²) in [7, 11) is 0. The van der Waals surface area contributed by atoms with E-state index in [1.807, 2.05) is 0 Å². The molecule has 0 aliphatic carbocycles. The van der Waals surface area contributed by atoms with Crippen LogP contribution >= 0.6 is 27.5 Å². The summed E-state index contributed by atoms with van der Waals surface area (Å²) < 4.78 is 42.5. The number of hydrogen-bond donors (Lipinski definition) is 1. The largest absolute Gasteiger partial charge is 0.306 e. The topological polar surface area (TPSA) is 12.0 Å². The fourth-order valence-corrected chi connectivity index (χ4v) is 2.64. The number of benzene rings is 2. The van der Waals surface area contributed by atoms with Crippen molar-refractivity contribution in [1.82, 2.24) is 5.32 Å². The van der Waals surface area contributed by atoms with Crippen molar-refractivity contribution >= 4 is 27.5 Å². The molecule has 1 unspecified atom stereocenters. The van der Waals surface area contributed by atoms with Crippen molar-refractivity contribution in [2.45, 2.75) is 13.0 Å². The summed E-state index contributed by atoms with van der Waals surface area (Å²) in [6.07, 6.45) is 0. The minimum absolute atomic E-state index is 0.0975. The van der Waals surface area contributed by atoms with E-state index in [0.29, 0.717) is 11.6 Å². The van der Waals surface area contributed by atoms with Crippen LogP contribution in [0.1, 0.15) is 24.1 Å². The lowest BCUT2D eigenvalue weighted by Gasteiger charge is -2.21. The van der Waals surface area contributed by atoms with Gasteiger partial charge >= 0.3 is 0 Å². The summed E-state index contributed by atoms with van der Waals surface area (Å²) in [5, 5.41) is 3.19. The van der Waals surface area contributed by atoms with Gasteiger partial charge in [-0.05, 0) is 52.8 Å². The van der Waals surface area contributed by atoms with E-state index >= 15 is 0 Å². The molecule has 0 saturated heterocycles. The monoisotopic (exact) mass is 377 g/mol. The van der Waals surface area contributed by atoms with Gasteiger partial charge in [-0.25, -0.2) is 13.2 Å². The molecular formula is C15H12BrClF3N. The Labute approximate surface area is 134 Å². The van der Waals surface area contributed by atoms with Crippen LogP contribution in [0.3, 0.4) is 0 Å². The Morgan fingerprint density at radius 2 is 1.81 bits per heavy atom. The van der Waals surface area contributed by atoms with Gasteiger partial charge in [0.15, 0.2) is 0 Å². The van der Waals surface area contributed by atoms with Crippen LogP contribution in [0.4, 0.5) is 13.2 Å². The summed E-state index contributed by atoms with van der Waals surface area (Å²) in [4.78, 5) is 0. The zero-order chi connectivity index (χ0) is 15.6. The molecule has 1 atom stereocenters. The molecule has 0 aromatic heterocycles. The highest BCUT2D eigenvalue weighted by Crippen LogP contribution is 2.33. The lowest BCUT2D eigenvalue weighted by atomic mass is 9.97. The standard InChI is InChI=1S/C15H12BrClF3N/c1-2-21-15(9-7-8(17)3-5-11(9)18)13-12(19)6-4-10(16)14(13)20/h3-7,15,21H,2H2,1H3. The molecule has 0 heterocycles. The molecule has 21 heavy (non-hydrogen) atoms. The van der Waals surface area contributed by atoms with Crippen molar-refractivity contribution in [1.29, 1.82) is 0 Å². The molecule has 1 N–H and O–H groups in total. The molecule has 112 valence electrons. The second-order valence-electron chi connectivity index (χ2n) is 4.41. The second kappa shape index (κ2) is 6.81. The highest BCUT2D eigenvalue weighted by Gasteiger charge is 2.25. The highest BCUT2D eigenvalue weighted by atomic mass is 79.9. The van der Waals surface area contributed by atoms with Crippen molar-refractivity contribution in [3.63, 3.8) is 0 Å². The van der Waals surface area contributed by atoms with Crippen LogP contribution in [-0.2, 0) is 0 Å². The average molecular weight is 379 g/mol. The molecule has 0 fully saturated rings. The van der Waals surface area contributed by atoms with Crippen LogP contribution in [0.5, 0.6) is 0 Å². The molecule has 2 aromatic rings. The fraction of sp³-hybridized carbons (Fsp3) is 0.200. The smallest absolute Gasteiger partial charge is 0.145 e. The highest BCUT2D eigenvalue weighted by molar-refractivity contribution is 9.10. The summed E-state index contributed by atoms with van der Waals surface area (Å²) in [5.41, 5.74) is -0.146. The van der Waals surface area contributed by atoms with Gasteiger partial charge in [-0.15, -0.1) is 0 Å². The van der Waals surface area contributed by atoms with Gasteiger partial charge in [0.25, 0.3) is 0 Å². The van der Waals surface area contributed by atoms with Crippen LogP contribution in [0.2, 0.25) is 5.02 Å². The van der Waals surface area contributed by atoms with Gasteiger partial charge in [-0.1, -0.05) is 18.5 Å². The quantitative estimate of drug-likeness (QED) is 0.719. The molecule has 0 saturated carbocycles. The summed E-state index contributed by atoms with van der Waals surface area (Å²) in [6, 6.07) is 5.36. The number of hydrogen-bond acceptors (Lipinski definition) is 1. The van der Waals surface area contributed by atoms with Crippen LogP contribution in [-0.4, -0.2) is 6.54 Å². The van der Waals surface area contributed by atoms with E-state index in [0.717, 1.165) is 6.07 Å². The maximum Gasteiger partial charge on any atom is 0.145 e. The molecule has 0 amide bonds. The molecule has 1 nitrogen and oxygen atoms in total. The summed E-state index contributed by atoms with van der Waals surface area (Å²) >= 11 is 8.88. The molecule has 0 bridgehead atoms. The maximum absolute atomic E-state index is 14.3. The van der Waals surface area contributed by atoms with E-state index in [4.69, 9.17) is 11.6 Å². The third-order valence-corrected chi connectivity index (χ3v) is 3.89. The molecule has 0 aliphatic rings. The van der Waals surface area contributed by atoms with Gasteiger partial charge < -0.3 is 5.32 Å². The zero-order valence-corrected chi connectivity index (χ0v) is 13.4. The summed E-state index contributed by atoms with van der Waals surface area (Å²) in [6.45, 7) is 2.17. The number of halogens is 5. The van der Waals surface area contributed by atoms with Gasteiger partial charge in [-0.2, -0.15) is 0 Å². The minimum atomic E-state index is -0.966. The Kier molecular flexibility index (Phi) is 5.30. The number of rotatable bonds is 4. The number of nitrogens with one attached hydrogen (secondary N) is 1. The minimum Gasteiger partial charge on any atom is -0.306 e. The molecule has 2 rings (SSSR count). The lowest BCUT2D eigenvalue weighted by Crippen LogP contribution is -2.25. The molecule has 0 aliphatic heterocycles. The van der Waals surface area contributed by atoms with Gasteiger partial charge in [0.2, 0.25) is 0 Å². The Balaban J connectivity index is 2.64. The lowest BCUT2D eigenvalue weighted by molar-refractivity contribution is 0.493. The Bertz CT molecular complexity index is 664. The van der Waals surface area contributed by atoms with E-state index in [1.165, 1.54) is 24.3 Å².